The minimum atomic E-state index is -4.11. The minimum Gasteiger partial charge on any atom is -0.357 e. The standard InChI is InChI=1S/C27H29Cl2N3O4S/c1-18-9-12-22(13-10-18)37(35,36)32(25-8-6-5-7-19(25)2)17-26(33)31(20(3)27(34)30-4)16-21-11-14-23(28)24(29)15-21/h5-15,20H,16-17H2,1-4H3,(H,30,34)/t20-/m1/s1. The predicted octanol–water partition coefficient (Wildman–Crippen LogP) is 4.97. The van der Waals surface area contributed by atoms with Crippen LogP contribution in [0, 0.1) is 13.8 Å². The maximum Gasteiger partial charge on any atom is 0.264 e. The Morgan fingerprint density at radius 1 is 0.946 bits per heavy atom. The molecule has 0 saturated heterocycles. The third kappa shape index (κ3) is 6.63. The number of hydrogen-bond acceptors (Lipinski definition) is 4. The van der Waals surface area contributed by atoms with Crippen LogP contribution in [0.2, 0.25) is 10.0 Å². The number of hydrogen-bond donors (Lipinski definition) is 1. The Bertz CT molecular complexity index is 1400. The van der Waals surface area contributed by atoms with Gasteiger partial charge in [-0.1, -0.05) is 65.2 Å². The fourth-order valence-corrected chi connectivity index (χ4v) is 5.62. The zero-order valence-electron chi connectivity index (χ0n) is 21.0. The van der Waals surface area contributed by atoms with Crippen molar-refractivity contribution in [1.82, 2.24) is 10.2 Å². The first-order valence-corrected chi connectivity index (χ1v) is 13.7. The lowest BCUT2D eigenvalue weighted by Crippen LogP contribution is -2.50. The third-order valence-electron chi connectivity index (χ3n) is 6.02. The first kappa shape index (κ1) is 28.5. The summed E-state index contributed by atoms with van der Waals surface area (Å²) in [5.41, 5.74) is 2.60. The highest BCUT2D eigenvalue weighted by Crippen LogP contribution is 2.28. The molecule has 0 aliphatic heterocycles. The van der Waals surface area contributed by atoms with E-state index in [-0.39, 0.29) is 11.4 Å². The van der Waals surface area contributed by atoms with Crippen LogP contribution in [0.1, 0.15) is 23.6 Å². The van der Waals surface area contributed by atoms with Crippen molar-refractivity contribution in [1.29, 1.82) is 0 Å². The summed E-state index contributed by atoms with van der Waals surface area (Å²) in [5.74, 6) is -0.946. The first-order chi connectivity index (χ1) is 17.4. The Kier molecular flexibility index (Phi) is 9.23. The van der Waals surface area contributed by atoms with Crippen LogP contribution in [0.4, 0.5) is 5.69 Å². The molecule has 37 heavy (non-hydrogen) atoms. The van der Waals surface area contributed by atoms with Crippen LogP contribution in [-0.4, -0.2) is 44.8 Å². The molecule has 0 spiro atoms. The van der Waals surface area contributed by atoms with Crippen molar-refractivity contribution in [2.24, 2.45) is 0 Å². The number of benzene rings is 3. The molecule has 196 valence electrons. The van der Waals surface area contributed by atoms with Crippen molar-refractivity contribution in [2.75, 3.05) is 17.9 Å². The zero-order chi connectivity index (χ0) is 27.3. The molecule has 0 fully saturated rings. The number of sulfonamides is 1. The normalized spacial score (nSPS) is 12.1. The van der Waals surface area contributed by atoms with Crippen LogP contribution in [0.25, 0.3) is 0 Å². The number of amides is 2. The van der Waals surface area contributed by atoms with E-state index in [1.54, 1.807) is 68.4 Å². The highest BCUT2D eigenvalue weighted by atomic mass is 35.5. The summed E-state index contributed by atoms with van der Waals surface area (Å²) in [7, 11) is -2.64. The first-order valence-electron chi connectivity index (χ1n) is 11.6. The topological polar surface area (TPSA) is 86.8 Å². The average Bonchev–Trinajstić information content (AvgIpc) is 2.87. The minimum absolute atomic E-state index is 0.0243. The van der Waals surface area contributed by atoms with E-state index in [9.17, 15) is 18.0 Å². The van der Waals surface area contributed by atoms with E-state index >= 15 is 0 Å². The maximum absolute atomic E-state index is 13.8. The van der Waals surface area contributed by atoms with Gasteiger partial charge in [-0.05, 0) is 62.2 Å². The lowest BCUT2D eigenvalue weighted by atomic mass is 10.1. The van der Waals surface area contributed by atoms with E-state index in [0.717, 1.165) is 9.87 Å². The summed E-state index contributed by atoms with van der Waals surface area (Å²) >= 11 is 12.2. The second kappa shape index (κ2) is 12.0. The molecule has 10 heteroatoms. The Hall–Kier alpha value is -3.07. The van der Waals surface area contributed by atoms with Crippen LogP contribution in [0.5, 0.6) is 0 Å². The van der Waals surface area contributed by atoms with Gasteiger partial charge < -0.3 is 10.2 Å². The van der Waals surface area contributed by atoms with Gasteiger partial charge in [-0.15, -0.1) is 0 Å². The molecular formula is C27H29Cl2N3O4S. The van der Waals surface area contributed by atoms with Crippen LogP contribution in [0.15, 0.2) is 71.6 Å². The number of nitrogens with zero attached hydrogens (tertiary/aromatic N) is 2. The highest BCUT2D eigenvalue weighted by molar-refractivity contribution is 7.92. The summed E-state index contributed by atoms with van der Waals surface area (Å²) in [5, 5.41) is 3.22. The average molecular weight is 563 g/mol. The SMILES string of the molecule is CNC(=O)[C@@H](C)N(Cc1ccc(Cl)c(Cl)c1)C(=O)CN(c1ccccc1C)S(=O)(=O)c1ccc(C)cc1. The van der Waals surface area contributed by atoms with Crippen LogP contribution >= 0.6 is 23.2 Å². The Morgan fingerprint density at radius 2 is 1.59 bits per heavy atom. The molecule has 1 atom stereocenters. The quantitative estimate of drug-likeness (QED) is 0.399. The summed E-state index contributed by atoms with van der Waals surface area (Å²) < 4.78 is 28.7. The molecule has 3 rings (SSSR count). The fourth-order valence-electron chi connectivity index (χ4n) is 3.82. The molecule has 7 nitrogen and oxygen atoms in total. The summed E-state index contributed by atoms with van der Waals surface area (Å²) in [6.45, 7) is 4.74. The van der Waals surface area contributed by atoms with Gasteiger partial charge in [0.15, 0.2) is 0 Å². The van der Waals surface area contributed by atoms with Crippen LogP contribution in [0.3, 0.4) is 0 Å². The molecule has 0 aromatic heterocycles. The number of para-hydroxylation sites is 1. The molecule has 1 N–H and O–H groups in total. The summed E-state index contributed by atoms with van der Waals surface area (Å²) in [6.07, 6.45) is 0. The van der Waals surface area contributed by atoms with Crippen molar-refractivity contribution >= 4 is 50.7 Å². The van der Waals surface area contributed by atoms with Gasteiger partial charge in [0.25, 0.3) is 10.0 Å². The number of aryl methyl sites for hydroxylation is 2. The lowest BCUT2D eigenvalue weighted by Gasteiger charge is -2.32. The van der Waals surface area contributed by atoms with Gasteiger partial charge in [0.05, 0.1) is 20.6 Å². The van der Waals surface area contributed by atoms with Crippen molar-refractivity contribution in [3.05, 3.63) is 93.5 Å². The van der Waals surface area contributed by atoms with Gasteiger partial charge >= 0.3 is 0 Å². The van der Waals surface area contributed by atoms with E-state index in [4.69, 9.17) is 23.2 Å². The Morgan fingerprint density at radius 3 is 2.19 bits per heavy atom. The van der Waals surface area contributed by atoms with Gasteiger partial charge in [-0.3, -0.25) is 13.9 Å². The van der Waals surface area contributed by atoms with Crippen LogP contribution < -0.4 is 9.62 Å². The molecular weight excluding hydrogens is 533 g/mol. The Labute approximate surface area is 228 Å². The van der Waals surface area contributed by atoms with Gasteiger partial charge in [-0.2, -0.15) is 0 Å². The van der Waals surface area contributed by atoms with Crippen molar-refractivity contribution in [3.8, 4) is 0 Å². The lowest BCUT2D eigenvalue weighted by molar-refractivity contribution is -0.139. The van der Waals surface area contributed by atoms with Gasteiger partial charge in [0.1, 0.15) is 12.6 Å². The smallest absolute Gasteiger partial charge is 0.264 e. The number of carbonyl (C=O) groups excluding carboxylic acids is 2. The molecule has 0 aliphatic rings. The predicted molar refractivity (Wildman–Crippen MR) is 147 cm³/mol. The number of halogens is 2. The second-order valence-electron chi connectivity index (χ2n) is 8.67. The third-order valence-corrected chi connectivity index (χ3v) is 8.54. The van der Waals surface area contributed by atoms with Gasteiger partial charge in [0, 0.05) is 13.6 Å². The van der Waals surface area contributed by atoms with Crippen molar-refractivity contribution in [3.63, 3.8) is 0 Å². The summed E-state index contributed by atoms with van der Waals surface area (Å²) in [6, 6.07) is 17.4. The van der Waals surface area contributed by atoms with Gasteiger partial charge in [0.2, 0.25) is 11.8 Å². The van der Waals surface area contributed by atoms with E-state index in [2.05, 4.69) is 5.32 Å². The molecule has 0 saturated carbocycles. The van der Waals surface area contributed by atoms with Gasteiger partial charge in [-0.25, -0.2) is 8.42 Å². The number of anilines is 1. The number of carbonyl (C=O) groups is 2. The zero-order valence-corrected chi connectivity index (χ0v) is 23.4. The number of rotatable bonds is 9. The largest absolute Gasteiger partial charge is 0.357 e. The van der Waals surface area contributed by atoms with Crippen LogP contribution in [-0.2, 0) is 26.2 Å². The number of nitrogens with one attached hydrogen (secondary N) is 1. The Balaban J connectivity index is 2.05. The maximum atomic E-state index is 13.8. The van der Waals surface area contributed by atoms with E-state index in [1.807, 2.05) is 6.92 Å². The monoisotopic (exact) mass is 561 g/mol. The van der Waals surface area contributed by atoms with Crippen molar-refractivity contribution in [2.45, 2.75) is 38.3 Å². The summed E-state index contributed by atoms with van der Waals surface area (Å²) in [4.78, 5) is 27.7. The molecule has 3 aromatic rings. The molecule has 0 aliphatic carbocycles. The second-order valence-corrected chi connectivity index (χ2v) is 11.3. The van der Waals surface area contributed by atoms with E-state index in [0.29, 0.717) is 26.9 Å². The van der Waals surface area contributed by atoms with E-state index in [1.165, 1.54) is 24.1 Å². The van der Waals surface area contributed by atoms with Crippen molar-refractivity contribution < 1.29 is 18.0 Å². The molecule has 0 heterocycles. The number of likely N-dealkylation sites (N-methyl/N-ethyl adjacent to an activating group) is 1. The molecule has 0 bridgehead atoms. The van der Waals surface area contributed by atoms with E-state index < -0.39 is 34.4 Å². The highest BCUT2D eigenvalue weighted by Gasteiger charge is 2.32. The molecule has 0 radical (unpaired) electrons. The molecule has 3 aromatic carbocycles. The molecule has 2 amide bonds. The fraction of sp³-hybridized carbons (Fsp3) is 0.259. The molecule has 0 unspecified atom stereocenters.